The monoisotopic (exact) mass is 271 g/mol. The zero-order valence-electron chi connectivity index (χ0n) is 10.6. The van der Waals surface area contributed by atoms with Gasteiger partial charge in [0, 0.05) is 28.5 Å². The Hall–Kier alpha value is -2.06. The van der Waals surface area contributed by atoms with E-state index in [1.165, 1.54) is 6.08 Å². The van der Waals surface area contributed by atoms with E-state index in [-0.39, 0.29) is 5.78 Å². The summed E-state index contributed by atoms with van der Waals surface area (Å²) in [6.45, 7) is 1.96. The van der Waals surface area contributed by atoms with E-state index in [1.807, 2.05) is 37.3 Å². The minimum Gasteiger partial charge on any atom is -0.362 e. The lowest BCUT2D eigenvalue weighted by Gasteiger charge is -2.01. The van der Waals surface area contributed by atoms with Crippen LogP contribution < -0.4 is 5.32 Å². The second kappa shape index (κ2) is 6.21. The number of allylic oxidation sites excluding steroid dienone is 1. The van der Waals surface area contributed by atoms with Gasteiger partial charge >= 0.3 is 0 Å². The number of carbonyl (C=O) groups is 1. The molecule has 0 amide bonds. The molecule has 96 valence electrons. The van der Waals surface area contributed by atoms with Crippen LogP contribution in [0, 0.1) is 6.92 Å². The Kier molecular flexibility index (Phi) is 4.37. The van der Waals surface area contributed by atoms with Gasteiger partial charge in [0.1, 0.15) is 0 Å². The number of hydrogen-bond acceptors (Lipinski definition) is 2. The lowest BCUT2D eigenvalue weighted by atomic mass is 10.1. The highest BCUT2D eigenvalue weighted by molar-refractivity contribution is 6.30. The maximum Gasteiger partial charge on any atom is 0.187 e. The van der Waals surface area contributed by atoms with E-state index in [0.717, 1.165) is 11.3 Å². The molecule has 0 aliphatic carbocycles. The van der Waals surface area contributed by atoms with E-state index in [0.29, 0.717) is 10.6 Å². The normalized spacial score (nSPS) is 10.6. The van der Waals surface area contributed by atoms with Gasteiger partial charge in [-0.1, -0.05) is 41.4 Å². The van der Waals surface area contributed by atoms with Gasteiger partial charge in [0.25, 0.3) is 0 Å². The Labute approximate surface area is 117 Å². The van der Waals surface area contributed by atoms with E-state index >= 15 is 0 Å². The maximum atomic E-state index is 11.9. The number of halogens is 1. The van der Waals surface area contributed by atoms with Crippen molar-refractivity contribution in [2.24, 2.45) is 0 Å². The van der Waals surface area contributed by atoms with E-state index in [1.54, 1.807) is 24.4 Å². The molecule has 0 radical (unpaired) electrons. The van der Waals surface area contributed by atoms with Gasteiger partial charge in [0.05, 0.1) is 0 Å². The van der Waals surface area contributed by atoms with E-state index in [9.17, 15) is 4.79 Å². The van der Waals surface area contributed by atoms with Crippen LogP contribution in [-0.2, 0) is 0 Å². The van der Waals surface area contributed by atoms with Gasteiger partial charge in [-0.05, 0) is 31.2 Å². The Morgan fingerprint density at radius 1 is 1.16 bits per heavy atom. The molecular formula is C16H14ClNO. The number of carbonyl (C=O) groups excluding carboxylic acids is 1. The van der Waals surface area contributed by atoms with Crippen LogP contribution in [0.4, 0.5) is 5.69 Å². The molecule has 2 rings (SSSR count). The predicted octanol–water partition coefficient (Wildman–Crippen LogP) is 4.46. The summed E-state index contributed by atoms with van der Waals surface area (Å²) in [5, 5.41) is 3.67. The molecule has 0 unspecified atom stereocenters. The van der Waals surface area contributed by atoms with Crippen LogP contribution in [0.1, 0.15) is 15.9 Å². The van der Waals surface area contributed by atoms with Gasteiger partial charge in [-0.15, -0.1) is 0 Å². The zero-order valence-corrected chi connectivity index (χ0v) is 11.3. The molecule has 0 aromatic heterocycles. The Morgan fingerprint density at radius 2 is 1.95 bits per heavy atom. The minimum atomic E-state index is -0.0294. The smallest absolute Gasteiger partial charge is 0.187 e. The number of hydrogen-bond donors (Lipinski definition) is 1. The Balaban J connectivity index is 2.01. The van der Waals surface area contributed by atoms with Crippen LogP contribution in [0.5, 0.6) is 0 Å². The fourth-order valence-corrected chi connectivity index (χ4v) is 1.88. The highest BCUT2D eigenvalue weighted by Crippen LogP contribution is 2.14. The van der Waals surface area contributed by atoms with Crippen LogP contribution in [0.15, 0.2) is 60.8 Å². The van der Waals surface area contributed by atoms with Crippen molar-refractivity contribution < 1.29 is 4.79 Å². The van der Waals surface area contributed by atoms with E-state index in [4.69, 9.17) is 11.6 Å². The fourth-order valence-electron chi connectivity index (χ4n) is 1.69. The average Bonchev–Trinajstić information content (AvgIpc) is 2.38. The van der Waals surface area contributed by atoms with Crippen molar-refractivity contribution in [2.45, 2.75) is 6.92 Å². The van der Waals surface area contributed by atoms with Gasteiger partial charge in [-0.3, -0.25) is 4.79 Å². The first-order valence-corrected chi connectivity index (χ1v) is 6.32. The molecule has 2 nitrogen and oxygen atoms in total. The predicted molar refractivity (Wildman–Crippen MR) is 79.7 cm³/mol. The Morgan fingerprint density at radius 3 is 2.68 bits per heavy atom. The number of ketones is 1. The average molecular weight is 272 g/mol. The van der Waals surface area contributed by atoms with Crippen LogP contribution in [0.2, 0.25) is 5.02 Å². The number of rotatable bonds is 4. The van der Waals surface area contributed by atoms with Crippen LogP contribution >= 0.6 is 11.6 Å². The fraction of sp³-hybridized carbons (Fsp3) is 0.0625. The van der Waals surface area contributed by atoms with E-state index < -0.39 is 0 Å². The molecule has 0 spiro atoms. The summed E-state index contributed by atoms with van der Waals surface area (Å²) in [6, 6.07) is 14.8. The van der Waals surface area contributed by atoms with Crippen molar-refractivity contribution in [3.63, 3.8) is 0 Å². The third kappa shape index (κ3) is 3.97. The van der Waals surface area contributed by atoms with Gasteiger partial charge < -0.3 is 5.32 Å². The molecule has 0 bridgehead atoms. The highest BCUT2D eigenvalue weighted by atomic mass is 35.5. The summed E-state index contributed by atoms with van der Waals surface area (Å²) in [7, 11) is 0. The van der Waals surface area contributed by atoms with E-state index in [2.05, 4.69) is 5.32 Å². The summed E-state index contributed by atoms with van der Waals surface area (Å²) < 4.78 is 0. The topological polar surface area (TPSA) is 29.1 Å². The van der Waals surface area contributed by atoms with Gasteiger partial charge in [0.2, 0.25) is 0 Å². The van der Waals surface area contributed by atoms with Gasteiger partial charge in [-0.25, -0.2) is 0 Å². The molecule has 1 N–H and O–H groups in total. The number of aryl methyl sites for hydroxylation is 1. The third-order valence-corrected chi connectivity index (χ3v) is 2.85. The highest BCUT2D eigenvalue weighted by Gasteiger charge is 2.00. The third-order valence-electron chi connectivity index (χ3n) is 2.61. The van der Waals surface area contributed by atoms with Crippen molar-refractivity contribution in [1.82, 2.24) is 0 Å². The second-order valence-electron chi connectivity index (χ2n) is 4.22. The number of benzene rings is 2. The second-order valence-corrected chi connectivity index (χ2v) is 4.66. The molecule has 2 aromatic rings. The van der Waals surface area contributed by atoms with Crippen LogP contribution in [0.25, 0.3) is 0 Å². The summed E-state index contributed by atoms with van der Waals surface area (Å²) in [5.41, 5.74) is 2.60. The standard InChI is InChI=1S/C16H14ClNO/c1-12-4-2-5-13(10-12)16(19)8-9-18-15-7-3-6-14(17)11-15/h2-11,18H,1H3/b9-8-. The summed E-state index contributed by atoms with van der Waals surface area (Å²) in [5.74, 6) is -0.0294. The molecule has 0 aliphatic heterocycles. The van der Waals surface area contributed by atoms with Crippen molar-refractivity contribution >= 4 is 23.1 Å². The summed E-state index contributed by atoms with van der Waals surface area (Å²) >= 11 is 5.87. The van der Waals surface area contributed by atoms with Crippen molar-refractivity contribution in [1.29, 1.82) is 0 Å². The molecule has 2 aromatic carbocycles. The van der Waals surface area contributed by atoms with Crippen molar-refractivity contribution in [3.8, 4) is 0 Å². The first-order valence-electron chi connectivity index (χ1n) is 5.95. The Bertz CT molecular complexity index is 620. The molecule has 0 heterocycles. The van der Waals surface area contributed by atoms with Crippen LogP contribution in [0.3, 0.4) is 0 Å². The largest absolute Gasteiger partial charge is 0.362 e. The summed E-state index contributed by atoms with van der Waals surface area (Å²) in [6.07, 6.45) is 3.13. The quantitative estimate of drug-likeness (QED) is 0.657. The first-order chi connectivity index (χ1) is 9.15. The summed E-state index contributed by atoms with van der Waals surface area (Å²) in [4.78, 5) is 11.9. The molecule has 0 saturated carbocycles. The zero-order chi connectivity index (χ0) is 13.7. The van der Waals surface area contributed by atoms with Crippen LogP contribution in [-0.4, -0.2) is 5.78 Å². The van der Waals surface area contributed by atoms with Crippen molar-refractivity contribution in [3.05, 3.63) is 77.0 Å². The maximum absolute atomic E-state index is 11.9. The lowest BCUT2D eigenvalue weighted by Crippen LogP contribution is -1.96. The minimum absolute atomic E-state index is 0.0294. The van der Waals surface area contributed by atoms with Crippen molar-refractivity contribution in [2.75, 3.05) is 5.32 Å². The molecule has 3 heteroatoms. The number of nitrogens with one attached hydrogen (secondary N) is 1. The molecular weight excluding hydrogens is 258 g/mol. The molecule has 0 saturated heterocycles. The van der Waals surface area contributed by atoms with Gasteiger partial charge in [0.15, 0.2) is 5.78 Å². The molecule has 0 fully saturated rings. The molecule has 0 aliphatic rings. The number of anilines is 1. The molecule has 0 atom stereocenters. The first kappa shape index (κ1) is 13.4. The molecule has 19 heavy (non-hydrogen) atoms. The van der Waals surface area contributed by atoms with Gasteiger partial charge in [-0.2, -0.15) is 0 Å². The SMILES string of the molecule is Cc1cccc(C(=O)/C=C\Nc2cccc(Cl)c2)c1. The lowest BCUT2D eigenvalue weighted by molar-refractivity contribution is 0.104.